The van der Waals surface area contributed by atoms with Gasteiger partial charge in [0.1, 0.15) is 5.60 Å². The normalized spacial score (nSPS) is 20.2. The Morgan fingerprint density at radius 2 is 1.45 bits per heavy atom. The second kappa shape index (κ2) is 10.5. The molecule has 0 amide bonds. The highest BCUT2D eigenvalue weighted by molar-refractivity contribution is 5.79. The van der Waals surface area contributed by atoms with Gasteiger partial charge >= 0.3 is 24.0 Å². The molecule has 1 aliphatic carbocycles. The first-order chi connectivity index (χ1) is 14.8. The van der Waals surface area contributed by atoms with E-state index >= 15 is 0 Å². The predicted molar refractivity (Wildman–Crippen MR) is 115 cm³/mol. The smallest absolute Gasteiger partial charge is 0.456 e. The van der Waals surface area contributed by atoms with E-state index in [1.165, 1.54) is 6.92 Å². The van der Waals surface area contributed by atoms with Crippen molar-refractivity contribution in [3.05, 3.63) is 0 Å². The van der Waals surface area contributed by atoms with Crippen LogP contribution in [0.5, 0.6) is 0 Å². The zero-order valence-electron chi connectivity index (χ0n) is 20.8. The highest BCUT2D eigenvalue weighted by atomic mass is 19.4. The third-order valence-electron chi connectivity index (χ3n) is 7.49. The Morgan fingerprint density at radius 1 is 0.939 bits per heavy atom. The summed E-state index contributed by atoms with van der Waals surface area (Å²) in [6.45, 7) is 11.1. The number of carbonyl (C=O) groups is 2. The van der Waals surface area contributed by atoms with Crippen molar-refractivity contribution in [2.45, 2.75) is 111 Å². The van der Waals surface area contributed by atoms with Crippen molar-refractivity contribution < 1.29 is 41.0 Å². The van der Waals surface area contributed by atoms with Crippen LogP contribution >= 0.6 is 0 Å². The minimum absolute atomic E-state index is 0.0794. The van der Waals surface area contributed by atoms with Crippen molar-refractivity contribution in [2.24, 2.45) is 22.7 Å². The molecule has 1 saturated carbocycles. The van der Waals surface area contributed by atoms with Crippen LogP contribution in [0.3, 0.4) is 0 Å². The molecule has 0 aromatic rings. The van der Waals surface area contributed by atoms with E-state index in [-0.39, 0.29) is 11.3 Å². The summed E-state index contributed by atoms with van der Waals surface area (Å²) < 4.78 is 74.3. The first-order valence-corrected chi connectivity index (χ1v) is 11.7. The second-order valence-electron chi connectivity index (χ2n) is 10.8. The summed E-state index contributed by atoms with van der Waals surface area (Å²) in [6.07, 6.45) is -1.69. The number of carbonyl (C=O) groups excluding carboxylic acids is 2. The van der Waals surface area contributed by atoms with Crippen molar-refractivity contribution in [1.29, 1.82) is 0 Å². The summed E-state index contributed by atoms with van der Waals surface area (Å²) in [4.78, 5) is 26.1. The Balaban J connectivity index is 3.14. The van der Waals surface area contributed by atoms with E-state index in [4.69, 9.17) is 4.74 Å². The van der Waals surface area contributed by atoms with Gasteiger partial charge in [-0.3, -0.25) is 9.59 Å². The van der Waals surface area contributed by atoms with Crippen LogP contribution in [0.4, 0.5) is 22.0 Å². The van der Waals surface area contributed by atoms with E-state index < -0.39 is 47.6 Å². The number of rotatable bonds is 10. The van der Waals surface area contributed by atoms with Gasteiger partial charge in [0.15, 0.2) is 6.61 Å². The van der Waals surface area contributed by atoms with E-state index in [9.17, 15) is 31.5 Å². The van der Waals surface area contributed by atoms with Gasteiger partial charge in [-0.25, -0.2) is 0 Å². The third kappa shape index (κ3) is 7.04. The molecule has 2 atom stereocenters. The minimum Gasteiger partial charge on any atom is -0.459 e. The van der Waals surface area contributed by atoms with Crippen LogP contribution < -0.4 is 0 Å². The lowest BCUT2D eigenvalue weighted by atomic mass is 9.67. The number of esters is 2. The zero-order valence-corrected chi connectivity index (χ0v) is 20.8. The van der Waals surface area contributed by atoms with Gasteiger partial charge in [0.2, 0.25) is 0 Å². The van der Waals surface area contributed by atoms with Gasteiger partial charge < -0.3 is 9.47 Å². The van der Waals surface area contributed by atoms with Gasteiger partial charge in [-0.15, -0.1) is 0 Å². The molecule has 1 rings (SSSR count). The number of hydrogen-bond acceptors (Lipinski definition) is 4. The Bertz CT molecular complexity index is 681. The molecule has 0 spiro atoms. The van der Waals surface area contributed by atoms with Gasteiger partial charge in [0.25, 0.3) is 0 Å². The van der Waals surface area contributed by atoms with Crippen molar-refractivity contribution in [2.75, 3.05) is 6.61 Å². The fourth-order valence-electron chi connectivity index (χ4n) is 4.29. The maximum absolute atomic E-state index is 13.5. The fourth-order valence-corrected chi connectivity index (χ4v) is 4.29. The maximum Gasteiger partial charge on any atom is 0.456 e. The molecule has 0 bridgehead atoms. The minimum atomic E-state index is -5.82. The maximum atomic E-state index is 13.5. The Hall–Kier alpha value is -1.41. The Morgan fingerprint density at radius 3 is 1.88 bits per heavy atom. The Labute approximate surface area is 194 Å². The van der Waals surface area contributed by atoms with Crippen molar-refractivity contribution in [3.8, 4) is 0 Å². The van der Waals surface area contributed by atoms with Gasteiger partial charge in [-0.2, -0.15) is 22.0 Å². The third-order valence-corrected chi connectivity index (χ3v) is 7.49. The van der Waals surface area contributed by atoms with Crippen molar-refractivity contribution >= 4 is 11.9 Å². The van der Waals surface area contributed by atoms with Crippen molar-refractivity contribution in [3.63, 3.8) is 0 Å². The van der Waals surface area contributed by atoms with Crippen LogP contribution in [0.2, 0.25) is 0 Å². The molecule has 0 radical (unpaired) electrons. The van der Waals surface area contributed by atoms with Crippen LogP contribution in [0, 0.1) is 22.7 Å². The average molecular weight is 487 g/mol. The molecule has 9 heteroatoms. The molecule has 4 nitrogen and oxygen atoms in total. The SMILES string of the molecule is CCC(C)(C)CC(C)(C(=O)OC1(C(C)C(=O)OCC(F)(F)C(F)(F)F)CCCCC1)C(C)C. The van der Waals surface area contributed by atoms with E-state index in [1.54, 1.807) is 0 Å². The number of ether oxygens (including phenoxy) is 2. The lowest BCUT2D eigenvalue weighted by molar-refractivity contribution is -0.295. The van der Waals surface area contributed by atoms with Gasteiger partial charge in [-0.05, 0) is 57.3 Å². The summed E-state index contributed by atoms with van der Waals surface area (Å²) in [6, 6.07) is 0. The molecule has 0 aromatic heterocycles. The highest BCUT2D eigenvalue weighted by Crippen LogP contribution is 2.46. The largest absolute Gasteiger partial charge is 0.459 e. The Kier molecular flexibility index (Phi) is 9.39. The molecule has 0 aromatic carbocycles. The van der Waals surface area contributed by atoms with Crippen LogP contribution in [0.1, 0.15) is 93.4 Å². The molecule has 0 saturated heterocycles. The van der Waals surface area contributed by atoms with Gasteiger partial charge in [0.05, 0.1) is 11.3 Å². The summed E-state index contributed by atoms with van der Waals surface area (Å²) in [5, 5.41) is 0. The molecule has 2 unspecified atom stereocenters. The molecular formula is C24H39F5O4. The van der Waals surface area contributed by atoms with Crippen LogP contribution in [-0.4, -0.2) is 36.2 Å². The topological polar surface area (TPSA) is 52.6 Å². The van der Waals surface area contributed by atoms with E-state index in [0.29, 0.717) is 32.1 Å². The summed E-state index contributed by atoms with van der Waals surface area (Å²) in [5.74, 6) is -8.12. The predicted octanol–water partition coefficient (Wildman–Crippen LogP) is 7.10. The van der Waals surface area contributed by atoms with Crippen LogP contribution in [-0.2, 0) is 19.1 Å². The quantitative estimate of drug-likeness (QED) is 0.244. The van der Waals surface area contributed by atoms with Gasteiger partial charge in [-0.1, -0.05) is 47.5 Å². The summed E-state index contributed by atoms with van der Waals surface area (Å²) >= 11 is 0. The molecule has 33 heavy (non-hydrogen) atoms. The van der Waals surface area contributed by atoms with E-state index in [2.05, 4.69) is 18.6 Å². The van der Waals surface area contributed by atoms with E-state index in [1.807, 2.05) is 27.7 Å². The average Bonchev–Trinajstić information content (AvgIpc) is 2.70. The standard InChI is InChI=1S/C24H39F5O4/c1-8-20(5,6)14-21(7,16(2)3)19(31)33-22(12-10-9-11-13-22)17(4)18(30)32-15-23(25,26)24(27,28)29/h16-17H,8-15H2,1-7H3. The number of halogens is 5. The highest BCUT2D eigenvalue weighted by Gasteiger charge is 2.59. The molecule has 0 aliphatic heterocycles. The first kappa shape index (κ1) is 29.6. The fraction of sp³-hybridized carbons (Fsp3) is 0.917. The second-order valence-corrected chi connectivity index (χ2v) is 10.8. The molecule has 0 N–H and O–H groups in total. The monoisotopic (exact) mass is 486 g/mol. The molecule has 1 fully saturated rings. The van der Waals surface area contributed by atoms with Gasteiger partial charge in [0, 0.05) is 0 Å². The van der Waals surface area contributed by atoms with Crippen LogP contribution in [0.25, 0.3) is 0 Å². The number of alkyl halides is 5. The summed E-state index contributed by atoms with van der Waals surface area (Å²) in [7, 11) is 0. The lowest BCUT2D eigenvalue weighted by Crippen LogP contribution is -2.51. The molecule has 194 valence electrons. The summed E-state index contributed by atoms with van der Waals surface area (Å²) in [5.41, 5.74) is -2.31. The molecule has 0 heterocycles. The van der Waals surface area contributed by atoms with Crippen LogP contribution in [0.15, 0.2) is 0 Å². The lowest BCUT2D eigenvalue weighted by Gasteiger charge is -2.45. The first-order valence-electron chi connectivity index (χ1n) is 11.7. The zero-order chi connectivity index (χ0) is 25.9. The molecule has 1 aliphatic rings. The molecular weight excluding hydrogens is 447 g/mol. The van der Waals surface area contributed by atoms with E-state index in [0.717, 1.165) is 12.8 Å². The number of hydrogen-bond donors (Lipinski definition) is 0. The van der Waals surface area contributed by atoms with Crippen molar-refractivity contribution in [1.82, 2.24) is 0 Å².